The maximum absolute atomic E-state index is 15.3. The minimum absolute atomic E-state index is 0.0415. The van der Waals surface area contributed by atoms with Crippen LogP contribution in [-0.2, 0) is 35.8 Å². The first kappa shape index (κ1) is 38.9. The standard InChI is InChI=1S/C40H32F3N7O5S2/c1-53-28-13-7-25(8-14-28)22-49(23-26-9-15-29(54-2)16-10-26)57(51,52)38-33(40(41,42)43)20-19-31(32-5-4-6-34-37(32)45-35(21-44)56-34)36(38)39-46-48-50(47-39)24-27-11-17-30(55-3)18-12-27/h4-20H,22-24H2,1-3H3. The summed E-state index contributed by atoms with van der Waals surface area (Å²) in [6.45, 7) is -0.574. The molecule has 12 nitrogen and oxygen atoms in total. The Morgan fingerprint density at radius 1 is 0.772 bits per heavy atom. The highest BCUT2D eigenvalue weighted by atomic mass is 32.2. The first-order valence-corrected chi connectivity index (χ1v) is 19.4. The van der Waals surface area contributed by atoms with E-state index in [4.69, 9.17) is 14.2 Å². The van der Waals surface area contributed by atoms with Gasteiger partial charge in [-0.1, -0.05) is 54.6 Å². The quantitative estimate of drug-likeness (QED) is 0.112. The summed E-state index contributed by atoms with van der Waals surface area (Å²) in [5, 5.41) is 22.6. The summed E-state index contributed by atoms with van der Waals surface area (Å²) in [5.74, 6) is 1.26. The molecule has 7 aromatic rings. The molecule has 0 spiro atoms. The van der Waals surface area contributed by atoms with Crippen molar-refractivity contribution in [2.75, 3.05) is 21.3 Å². The van der Waals surface area contributed by atoms with Gasteiger partial charge in [0, 0.05) is 18.7 Å². The maximum Gasteiger partial charge on any atom is 0.417 e. The molecule has 0 saturated heterocycles. The van der Waals surface area contributed by atoms with E-state index < -0.39 is 32.2 Å². The van der Waals surface area contributed by atoms with Crippen molar-refractivity contribution in [3.63, 3.8) is 0 Å². The lowest BCUT2D eigenvalue weighted by molar-refractivity contribution is -0.139. The lowest BCUT2D eigenvalue weighted by Gasteiger charge is -2.27. The third-order valence-corrected chi connectivity index (χ3v) is 11.9. The second-order valence-electron chi connectivity index (χ2n) is 12.6. The van der Waals surface area contributed by atoms with Crippen molar-refractivity contribution in [2.24, 2.45) is 0 Å². The monoisotopic (exact) mass is 811 g/mol. The second-order valence-corrected chi connectivity index (χ2v) is 15.5. The topological polar surface area (TPSA) is 145 Å². The fourth-order valence-electron chi connectivity index (χ4n) is 6.26. The van der Waals surface area contributed by atoms with Gasteiger partial charge >= 0.3 is 6.18 Å². The van der Waals surface area contributed by atoms with Gasteiger partial charge in [0.05, 0.1) is 49.2 Å². The van der Waals surface area contributed by atoms with Crippen molar-refractivity contribution in [1.29, 1.82) is 5.26 Å². The van der Waals surface area contributed by atoms with Crippen LogP contribution in [-0.4, -0.2) is 59.2 Å². The average molecular weight is 812 g/mol. The lowest BCUT2D eigenvalue weighted by Crippen LogP contribution is -2.32. The Bertz CT molecular complexity index is 2650. The molecule has 290 valence electrons. The predicted molar refractivity (Wildman–Crippen MR) is 206 cm³/mol. The van der Waals surface area contributed by atoms with E-state index in [1.165, 1.54) is 32.2 Å². The number of hydrogen-bond acceptors (Lipinski definition) is 11. The number of ether oxygens (including phenoxy) is 3. The summed E-state index contributed by atoms with van der Waals surface area (Å²) in [7, 11) is -0.617. The van der Waals surface area contributed by atoms with Gasteiger partial charge in [0.1, 0.15) is 28.2 Å². The van der Waals surface area contributed by atoms with Crippen molar-refractivity contribution >= 4 is 31.6 Å². The Balaban J connectivity index is 1.48. The number of alkyl halides is 3. The largest absolute Gasteiger partial charge is 0.497 e. The molecule has 5 aromatic carbocycles. The molecule has 2 aromatic heterocycles. The summed E-state index contributed by atoms with van der Waals surface area (Å²) in [5.41, 5.74) is 0.442. The molecule has 0 unspecified atom stereocenters. The summed E-state index contributed by atoms with van der Waals surface area (Å²) in [4.78, 5) is 4.54. The molecule has 57 heavy (non-hydrogen) atoms. The van der Waals surface area contributed by atoms with Crippen molar-refractivity contribution in [3.05, 3.63) is 130 Å². The Morgan fingerprint density at radius 2 is 1.33 bits per heavy atom. The van der Waals surface area contributed by atoms with Gasteiger partial charge in [0.15, 0.2) is 5.01 Å². The van der Waals surface area contributed by atoms with E-state index in [9.17, 15) is 5.26 Å². The van der Waals surface area contributed by atoms with E-state index >= 15 is 21.6 Å². The van der Waals surface area contributed by atoms with E-state index in [-0.39, 0.29) is 41.6 Å². The molecule has 0 aliphatic rings. The highest BCUT2D eigenvalue weighted by molar-refractivity contribution is 7.89. The second kappa shape index (κ2) is 16.0. The predicted octanol–water partition coefficient (Wildman–Crippen LogP) is 7.97. The normalized spacial score (nSPS) is 11.8. The SMILES string of the molecule is COc1ccc(CN(Cc2ccc(OC)cc2)S(=O)(=O)c2c(C(F)(F)F)ccc(-c3cccc4sc(C#N)nc34)c2-c2nnn(Cc3ccc(OC)cc3)n2)cc1. The van der Waals surface area contributed by atoms with Crippen LogP contribution in [0.2, 0.25) is 0 Å². The molecule has 0 aliphatic heterocycles. The van der Waals surface area contributed by atoms with Gasteiger partial charge < -0.3 is 14.2 Å². The number of rotatable bonds is 13. The molecule has 17 heteroatoms. The number of thiazole rings is 1. The number of halogens is 3. The molecule has 0 N–H and O–H groups in total. The summed E-state index contributed by atoms with van der Waals surface area (Å²) < 4.78 is 93.9. The number of para-hydroxylation sites is 1. The van der Waals surface area contributed by atoms with Crippen LogP contribution >= 0.6 is 11.3 Å². The van der Waals surface area contributed by atoms with Crippen LogP contribution < -0.4 is 14.2 Å². The Labute approximate surface area is 329 Å². The third kappa shape index (κ3) is 8.14. The third-order valence-electron chi connectivity index (χ3n) is 9.06. The van der Waals surface area contributed by atoms with Crippen molar-refractivity contribution in [3.8, 4) is 45.8 Å². The van der Waals surface area contributed by atoms with E-state index in [2.05, 4.69) is 20.4 Å². The smallest absolute Gasteiger partial charge is 0.417 e. The number of sulfonamides is 1. The highest BCUT2D eigenvalue weighted by Gasteiger charge is 2.43. The number of benzene rings is 5. The zero-order valence-corrected chi connectivity index (χ0v) is 32.2. The summed E-state index contributed by atoms with van der Waals surface area (Å²) >= 11 is 1.09. The molecular weight excluding hydrogens is 780 g/mol. The van der Waals surface area contributed by atoms with Gasteiger partial charge in [0.25, 0.3) is 0 Å². The minimum Gasteiger partial charge on any atom is -0.497 e. The minimum atomic E-state index is -5.15. The number of nitriles is 1. The maximum atomic E-state index is 15.3. The van der Waals surface area contributed by atoms with Gasteiger partial charge in [0.2, 0.25) is 15.8 Å². The summed E-state index contributed by atoms with van der Waals surface area (Å²) in [6.07, 6.45) is -5.15. The molecule has 7 rings (SSSR count). The zero-order valence-electron chi connectivity index (χ0n) is 30.6. The van der Waals surface area contributed by atoms with Crippen LogP contribution in [0, 0.1) is 11.3 Å². The van der Waals surface area contributed by atoms with Crippen LogP contribution in [0.25, 0.3) is 32.7 Å². The van der Waals surface area contributed by atoms with Crippen molar-refractivity contribution in [2.45, 2.75) is 30.7 Å². The van der Waals surface area contributed by atoms with Gasteiger partial charge in [-0.2, -0.15) is 27.5 Å². The van der Waals surface area contributed by atoms with E-state index in [1.807, 2.05) is 6.07 Å². The van der Waals surface area contributed by atoms with Crippen LogP contribution in [0.1, 0.15) is 27.3 Å². The van der Waals surface area contributed by atoms with E-state index in [1.54, 1.807) is 91.0 Å². The number of nitrogens with zero attached hydrogens (tertiary/aromatic N) is 7. The number of hydrogen-bond donors (Lipinski definition) is 0. The van der Waals surface area contributed by atoms with Crippen molar-refractivity contribution in [1.82, 2.24) is 29.5 Å². The van der Waals surface area contributed by atoms with Gasteiger partial charge in [-0.25, -0.2) is 13.4 Å². The molecule has 0 saturated carbocycles. The molecule has 0 atom stereocenters. The first-order chi connectivity index (χ1) is 27.4. The number of tetrazole rings is 1. The Kier molecular flexibility index (Phi) is 10.9. The molecule has 0 amide bonds. The fraction of sp³-hybridized carbons (Fsp3) is 0.175. The van der Waals surface area contributed by atoms with Crippen LogP contribution in [0.15, 0.2) is 108 Å². The lowest BCUT2D eigenvalue weighted by atomic mass is 9.95. The van der Waals surface area contributed by atoms with Gasteiger partial charge in [-0.05, 0) is 76.0 Å². The Hall–Kier alpha value is -6.35. The highest BCUT2D eigenvalue weighted by Crippen LogP contribution is 2.46. The molecule has 0 bridgehead atoms. The van der Waals surface area contributed by atoms with Gasteiger partial charge in [-0.15, -0.1) is 21.5 Å². The fourth-order valence-corrected chi connectivity index (χ4v) is 8.87. The molecule has 2 heterocycles. The number of aromatic nitrogens is 5. The van der Waals surface area contributed by atoms with Crippen LogP contribution in [0.5, 0.6) is 17.2 Å². The van der Waals surface area contributed by atoms with Crippen molar-refractivity contribution < 1.29 is 35.8 Å². The molecule has 0 fully saturated rings. The van der Waals surface area contributed by atoms with Crippen LogP contribution in [0.3, 0.4) is 0 Å². The Morgan fingerprint density at radius 3 is 1.86 bits per heavy atom. The molecule has 0 radical (unpaired) electrons. The van der Waals surface area contributed by atoms with E-state index in [0.29, 0.717) is 38.6 Å². The number of methoxy groups -OCH3 is 3. The zero-order chi connectivity index (χ0) is 40.3. The summed E-state index contributed by atoms with van der Waals surface area (Å²) in [6, 6.07) is 29.0. The number of fused-ring (bicyclic) bond motifs is 1. The van der Waals surface area contributed by atoms with Gasteiger partial charge in [-0.3, -0.25) is 0 Å². The molecular formula is C40H32F3N7O5S2. The van der Waals surface area contributed by atoms with E-state index in [0.717, 1.165) is 27.3 Å². The molecule has 0 aliphatic carbocycles. The first-order valence-electron chi connectivity index (χ1n) is 17.1. The average Bonchev–Trinajstić information content (AvgIpc) is 3.87. The van der Waals surface area contributed by atoms with Crippen LogP contribution in [0.4, 0.5) is 13.2 Å².